The highest BCUT2D eigenvalue weighted by Crippen LogP contribution is 2.42. The number of rotatable bonds is 8. The molecule has 36 heavy (non-hydrogen) atoms. The van der Waals surface area contributed by atoms with E-state index in [0.29, 0.717) is 11.9 Å². The molecule has 0 aromatic carbocycles. The molecule has 0 amide bonds. The van der Waals surface area contributed by atoms with E-state index in [4.69, 9.17) is 10.8 Å². The first kappa shape index (κ1) is 31.0. The van der Waals surface area contributed by atoms with Crippen molar-refractivity contribution in [2.75, 3.05) is 12.8 Å². The van der Waals surface area contributed by atoms with Gasteiger partial charge in [0.05, 0.1) is 5.39 Å². The first-order valence-corrected chi connectivity index (χ1v) is 12.8. The molecule has 0 saturated heterocycles. The quantitative estimate of drug-likeness (QED) is 0.373. The molecule has 2 aliphatic rings. The van der Waals surface area contributed by atoms with Crippen molar-refractivity contribution in [2.45, 2.75) is 79.7 Å². The summed E-state index contributed by atoms with van der Waals surface area (Å²) in [7, 11) is 1.00. The van der Waals surface area contributed by atoms with E-state index in [9.17, 15) is 0 Å². The smallest absolute Gasteiger partial charge is 0.145 e. The summed E-state index contributed by atoms with van der Waals surface area (Å²) in [5, 5.41) is 7.95. The van der Waals surface area contributed by atoms with Crippen LogP contribution in [0.25, 0.3) is 11.0 Å². The van der Waals surface area contributed by atoms with Gasteiger partial charge < -0.3 is 15.4 Å². The van der Waals surface area contributed by atoms with Gasteiger partial charge >= 0.3 is 0 Å². The fourth-order valence-electron chi connectivity index (χ4n) is 4.76. The Labute approximate surface area is 218 Å². The number of nitrogens with zero attached hydrogens (tertiary/aromatic N) is 4. The molecular weight excluding hydrogens is 446 g/mol. The van der Waals surface area contributed by atoms with E-state index in [1.807, 2.05) is 32.2 Å². The zero-order valence-electron chi connectivity index (χ0n) is 22.1. The molecule has 0 spiro atoms. The Morgan fingerprint density at radius 3 is 2.61 bits per heavy atom. The molecular formula is C30H47N5O. The topological polar surface area (TPSA) is 89.3 Å². The van der Waals surface area contributed by atoms with Gasteiger partial charge in [-0.05, 0) is 81.1 Å². The van der Waals surface area contributed by atoms with Gasteiger partial charge in [-0.15, -0.1) is 0 Å². The number of aliphatic hydroxyl groups excluding tert-OH is 1. The Morgan fingerprint density at radius 1 is 1.25 bits per heavy atom. The third kappa shape index (κ3) is 8.30. The van der Waals surface area contributed by atoms with E-state index in [1.165, 1.54) is 30.4 Å². The number of fused-ring (bicyclic) bond motifs is 1. The molecule has 3 heterocycles. The maximum atomic E-state index is 7.00. The van der Waals surface area contributed by atoms with E-state index in [2.05, 4.69) is 64.4 Å². The highest BCUT2D eigenvalue weighted by atomic mass is 16.2. The van der Waals surface area contributed by atoms with Crippen LogP contribution in [0.4, 0.5) is 5.82 Å². The molecule has 0 radical (unpaired) electrons. The molecule has 1 aliphatic heterocycles. The van der Waals surface area contributed by atoms with Gasteiger partial charge in [-0.25, -0.2) is 9.97 Å². The fourth-order valence-corrected chi connectivity index (χ4v) is 4.76. The molecule has 6 heteroatoms. The lowest BCUT2D eigenvalue weighted by Gasteiger charge is -2.36. The van der Waals surface area contributed by atoms with Gasteiger partial charge in [-0.1, -0.05) is 46.1 Å². The van der Waals surface area contributed by atoms with Gasteiger partial charge in [0.1, 0.15) is 17.8 Å². The van der Waals surface area contributed by atoms with Gasteiger partial charge in [-0.3, -0.25) is 4.99 Å². The normalized spacial score (nSPS) is 20.7. The zero-order chi connectivity index (χ0) is 25.8. The second-order valence-corrected chi connectivity index (χ2v) is 9.08. The van der Waals surface area contributed by atoms with Crippen LogP contribution in [0.2, 0.25) is 0 Å². The Morgan fingerprint density at radius 2 is 1.97 bits per heavy atom. The van der Waals surface area contributed by atoms with Crippen LogP contribution < -0.4 is 5.73 Å². The molecule has 198 valence electrons. The molecule has 6 nitrogen and oxygen atoms in total. The number of aliphatic hydroxyl groups is 1. The monoisotopic (exact) mass is 493 g/mol. The van der Waals surface area contributed by atoms with Gasteiger partial charge in [0.15, 0.2) is 0 Å². The lowest BCUT2D eigenvalue weighted by Crippen LogP contribution is -2.24. The Bertz CT molecular complexity index is 1070. The van der Waals surface area contributed by atoms with Crippen LogP contribution >= 0.6 is 0 Å². The predicted molar refractivity (Wildman–Crippen MR) is 156 cm³/mol. The number of aromatic nitrogens is 3. The first-order chi connectivity index (χ1) is 17.0. The third-order valence-corrected chi connectivity index (χ3v) is 6.62. The molecule has 2 aromatic rings. The number of dihydropyridines is 1. The Kier molecular flexibility index (Phi) is 13.7. The molecule has 3 N–H and O–H groups in total. The van der Waals surface area contributed by atoms with E-state index in [-0.39, 0.29) is 7.43 Å². The summed E-state index contributed by atoms with van der Waals surface area (Å²) >= 11 is 0. The molecule has 1 aliphatic carbocycles. The van der Waals surface area contributed by atoms with Crippen LogP contribution in [-0.2, 0) is 0 Å². The Hall–Kier alpha value is -2.99. The Balaban J connectivity index is 0.00000123. The second-order valence-electron chi connectivity index (χ2n) is 9.08. The van der Waals surface area contributed by atoms with Crippen LogP contribution in [0.3, 0.4) is 0 Å². The van der Waals surface area contributed by atoms with Gasteiger partial charge in [-0.2, -0.15) is 0 Å². The number of nitrogen functional groups attached to an aromatic ring is 1. The van der Waals surface area contributed by atoms with Crippen LogP contribution in [0.5, 0.6) is 0 Å². The van der Waals surface area contributed by atoms with Crippen molar-refractivity contribution in [2.24, 2.45) is 16.8 Å². The largest absolute Gasteiger partial charge is 0.400 e. The summed E-state index contributed by atoms with van der Waals surface area (Å²) in [6.07, 6.45) is 21.2. The molecule has 2 aromatic heterocycles. The first-order valence-electron chi connectivity index (χ1n) is 12.8. The van der Waals surface area contributed by atoms with E-state index in [0.717, 1.165) is 54.9 Å². The number of aliphatic imine (C=N–C) groups is 1. The van der Waals surface area contributed by atoms with Crippen LogP contribution in [0.1, 0.15) is 79.7 Å². The molecule has 1 unspecified atom stereocenters. The van der Waals surface area contributed by atoms with Crippen molar-refractivity contribution in [1.82, 2.24) is 14.5 Å². The van der Waals surface area contributed by atoms with Gasteiger partial charge in [0.25, 0.3) is 0 Å². The molecule has 1 saturated carbocycles. The van der Waals surface area contributed by atoms with Gasteiger partial charge in [0, 0.05) is 37.7 Å². The predicted octanol–water partition coefficient (Wildman–Crippen LogP) is 7.46. The minimum atomic E-state index is 0. The van der Waals surface area contributed by atoms with E-state index in [1.54, 1.807) is 6.33 Å². The van der Waals surface area contributed by atoms with Crippen LogP contribution in [-0.4, -0.2) is 33.0 Å². The third-order valence-electron chi connectivity index (χ3n) is 6.62. The molecule has 4 rings (SSSR count). The number of nitrogens with two attached hydrogens (primary N) is 1. The standard InChI is InChI=1S/C26H33N5.C2H6.CH4O.CH4/c1-4-5-20(15-23-9-6-18(2)16-28-23)12-22-13-21(14-22)8-7-19(3)31-11-10-24-25(27)29-17-30-26(24)31;2*1-2;/h4-6,10-11,15-17,19,21-22H,1,7-9,12-14H2,2-3H3,(H2,27,29,30);1-2H3;2H,1H3;1H4/b20-5-,23-15+;;;. The van der Waals surface area contributed by atoms with Crippen molar-refractivity contribution in [3.8, 4) is 0 Å². The molecule has 0 bridgehead atoms. The van der Waals surface area contributed by atoms with E-state index < -0.39 is 0 Å². The van der Waals surface area contributed by atoms with Crippen molar-refractivity contribution in [3.05, 3.63) is 66.3 Å². The SMILES string of the molecule is C.C=C/C=C(\C=C1/CC=C(C)C=N1)CC1CC(CCC(C)n2ccc3c(N)ncnc32)C1.CC.CO. The highest BCUT2D eigenvalue weighted by Gasteiger charge is 2.29. The number of anilines is 1. The summed E-state index contributed by atoms with van der Waals surface area (Å²) in [6.45, 7) is 12.3. The number of allylic oxidation sites excluding steroid dienone is 6. The maximum absolute atomic E-state index is 7.00. The minimum absolute atomic E-state index is 0. The minimum Gasteiger partial charge on any atom is -0.400 e. The van der Waals surface area contributed by atoms with Crippen molar-refractivity contribution in [3.63, 3.8) is 0 Å². The summed E-state index contributed by atoms with van der Waals surface area (Å²) in [5.74, 6) is 2.15. The van der Waals surface area contributed by atoms with Crippen molar-refractivity contribution >= 4 is 23.1 Å². The fraction of sp³-hybridized carbons (Fsp3) is 0.500. The summed E-state index contributed by atoms with van der Waals surface area (Å²) in [5.41, 5.74) is 10.7. The summed E-state index contributed by atoms with van der Waals surface area (Å²) in [6, 6.07) is 2.43. The molecule has 1 fully saturated rings. The summed E-state index contributed by atoms with van der Waals surface area (Å²) < 4.78 is 2.24. The summed E-state index contributed by atoms with van der Waals surface area (Å²) in [4.78, 5) is 13.1. The van der Waals surface area contributed by atoms with Crippen LogP contribution in [0.15, 0.2) is 71.3 Å². The van der Waals surface area contributed by atoms with Crippen LogP contribution in [0, 0.1) is 11.8 Å². The zero-order valence-corrected chi connectivity index (χ0v) is 22.1. The molecule has 1 atom stereocenters. The van der Waals surface area contributed by atoms with Gasteiger partial charge in [0.2, 0.25) is 0 Å². The van der Waals surface area contributed by atoms with Crippen molar-refractivity contribution in [1.29, 1.82) is 0 Å². The lowest BCUT2D eigenvalue weighted by molar-refractivity contribution is 0.173. The highest BCUT2D eigenvalue weighted by molar-refractivity contribution is 5.86. The maximum Gasteiger partial charge on any atom is 0.145 e. The lowest BCUT2D eigenvalue weighted by atomic mass is 9.70. The second kappa shape index (κ2) is 15.9. The number of hydrogen-bond acceptors (Lipinski definition) is 5. The van der Waals surface area contributed by atoms with E-state index >= 15 is 0 Å². The van der Waals surface area contributed by atoms with Crippen molar-refractivity contribution < 1.29 is 5.11 Å². The average molecular weight is 494 g/mol. The average Bonchev–Trinajstić information content (AvgIpc) is 3.30. The number of hydrogen-bond donors (Lipinski definition) is 2.